The lowest BCUT2D eigenvalue weighted by atomic mass is 9.43. The number of nitrogens with zero attached hydrogens (tertiary/aromatic N) is 3. The largest absolute Gasteiger partial charge is 0.376 e. The zero-order valence-corrected chi connectivity index (χ0v) is 37.7. The summed E-state index contributed by atoms with van der Waals surface area (Å²) in [6, 6.07) is 86.0. The molecule has 4 heterocycles. The van der Waals surface area contributed by atoms with E-state index in [1.807, 2.05) is 11.3 Å². The molecule has 0 saturated carbocycles. The molecule has 3 nitrogen and oxygen atoms in total. The second kappa shape index (κ2) is 15.0. The fourth-order valence-electron chi connectivity index (χ4n) is 11.5. The number of para-hydroxylation sites is 3. The highest BCUT2D eigenvalue weighted by Crippen LogP contribution is 2.51. The van der Waals surface area contributed by atoms with Crippen molar-refractivity contribution >= 4 is 99.5 Å². The molecule has 67 heavy (non-hydrogen) atoms. The third-order valence-corrected chi connectivity index (χ3v) is 15.4. The number of hydrogen-bond donors (Lipinski definition) is 0. The topological polar surface area (TPSA) is 11.4 Å². The minimum atomic E-state index is -0.111. The van der Waals surface area contributed by atoms with Gasteiger partial charge in [-0.2, -0.15) is 0 Å². The Labute approximate surface area is 394 Å². The Morgan fingerprint density at radius 2 is 1.09 bits per heavy atom. The van der Waals surface area contributed by atoms with E-state index in [-0.39, 0.29) is 12.8 Å². The van der Waals surface area contributed by atoms with Gasteiger partial charge in [0.15, 0.2) is 0 Å². The smallest absolute Gasteiger partial charge is 0.333 e. The van der Waals surface area contributed by atoms with Crippen LogP contribution in [-0.2, 0) is 0 Å². The lowest BCUT2D eigenvalue weighted by Gasteiger charge is -2.43. The van der Waals surface area contributed by atoms with Crippen LogP contribution >= 0.6 is 11.3 Å². The highest BCUT2D eigenvalue weighted by molar-refractivity contribution is 7.26. The molecule has 0 amide bonds. The number of benzene rings is 10. The Hall–Kier alpha value is -8.12. The normalized spacial score (nSPS) is 12.6. The quantitative estimate of drug-likeness (QED) is 0.117. The van der Waals surface area contributed by atoms with Crippen LogP contribution in [0.25, 0.3) is 58.8 Å². The first-order valence-corrected chi connectivity index (χ1v) is 24.1. The van der Waals surface area contributed by atoms with Crippen LogP contribution in [0.4, 0.5) is 28.4 Å². The molecule has 0 radical (unpaired) electrons. The summed E-state index contributed by atoms with van der Waals surface area (Å²) in [5.41, 5.74) is 19.7. The van der Waals surface area contributed by atoms with E-state index in [0.717, 1.165) is 17.1 Å². The van der Waals surface area contributed by atoms with Gasteiger partial charge < -0.3 is 14.3 Å². The van der Waals surface area contributed by atoms with Crippen LogP contribution < -0.4 is 20.6 Å². The number of anilines is 5. The maximum atomic E-state index is 2.65. The van der Waals surface area contributed by atoms with E-state index in [4.69, 9.17) is 0 Å². The van der Waals surface area contributed by atoms with Gasteiger partial charge in [-0.3, -0.25) is 0 Å². The first-order chi connectivity index (χ1) is 33.2. The first kappa shape index (κ1) is 38.2. The molecule has 2 aliphatic heterocycles. The van der Waals surface area contributed by atoms with Gasteiger partial charge in [0.2, 0.25) is 0 Å². The van der Waals surface area contributed by atoms with Crippen molar-refractivity contribution in [2.75, 3.05) is 9.71 Å². The Morgan fingerprint density at radius 1 is 0.478 bits per heavy atom. The molecule has 2 aliphatic rings. The van der Waals surface area contributed by atoms with Crippen LogP contribution in [-0.4, -0.2) is 11.4 Å². The number of fused-ring (bicyclic) bond motifs is 11. The van der Waals surface area contributed by atoms with E-state index in [1.165, 1.54) is 103 Å². The number of aromatic nitrogens is 1. The Kier molecular flexibility index (Phi) is 8.53. The van der Waals surface area contributed by atoms with E-state index in [1.54, 1.807) is 0 Å². The average molecular weight is 872 g/mol. The first-order valence-electron chi connectivity index (χ1n) is 23.2. The summed E-state index contributed by atoms with van der Waals surface area (Å²) in [7, 11) is 0. The van der Waals surface area contributed by atoms with Gasteiger partial charge in [0.05, 0.1) is 11.0 Å². The van der Waals surface area contributed by atoms with Gasteiger partial charge in [0.25, 0.3) is 0 Å². The van der Waals surface area contributed by atoms with Crippen molar-refractivity contribution in [3.8, 4) is 16.8 Å². The Bertz CT molecular complexity index is 3800. The van der Waals surface area contributed by atoms with E-state index >= 15 is 0 Å². The highest BCUT2D eigenvalue weighted by atomic mass is 32.1. The number of aryl methyl sites for hydroxylation is 1. The van der Waals surface area contributed by atoms with E-state index in [0.29, 0.717) is 0 Å². The molecule has 0 bridgehead atoms. The van der Waals surface area contributed by atoms with Gasteiger partial charge in [0, 0.05) is 76.6 Å². The number of hydrogen-bond acceptors (Lipinski definition) is 3. The Morgan fingerprint density at radius 3 is 1.78 bits per heavy atom. The molecular formula is C62H42BN3S. The molecule has 0 fully saturated rings. The van der Waals surface area contributed by atoms with Crippen molar-refractivity contribution < 1.29 is 0 Å². The Balaban J connectivity index is 1.17. The summed E-state index contributed by atoms with van der Waals surface area (Å²) >= 11 is 1.90. The van der Waals surface area contributed by atoms with Gasteiger partial charge in [-0.1, -0.05) is 151 Å². The summed E-state index contributed by atoms with van der Waals surface area (Å²) in [5.74, 6) is -0.0259. The van der Waals surface area contributed by atoms with Crippen LogP contribution in [0.3, 0.4) is 0 Å². The molecule has 0 saturated heterocycles. The van der Waals surface area contributed by atoms with Gasteiger partial charge >= 0.3 is 6.85 Å². The summed E-state index contributed by atoms with van der Waals surface area (Å²) in [5, 5.41) is 5.21. The molecule has 5 heteroatoms. The third kappa shape index (κ3) is 5.78. The SMILES string of the molecule is Cc1ccc(N2B3c4cc5sc6ccccc6c5cc4-n4c5ccccc5c5c(C(c6ccccc6)c6ccccc6)cc(c3c54)-c3cc(N(c4ccccc4)c4ccccc4)ccc32)cc1. The second-order valence-corrected chi connectivity index (χ2v) is 19.2. The van der Waals surface area contributed by atoms with Gasteiger partial charge in [-0.25, -0.2) is 0 Å². The van der Waals surface area contributed by atoms with E-state index in [9.17, 15) is 0 Å². The van der Waals surface area contributed by atoms with Crippen LogP contribution in [0.5, 0.6) is 0 Å². The standard InChI is InChI=1S/C62H42BN3S/c1-40-30-32-45(33-31-40)66-55-35-34-46(64(43-22-10-4-11-23-43)44-24-12-5-13-25-44)36-49(55)51-37-52(59(41-18-6-2-7-19-41)42-20-8-3-9-21-42)60-48-27-14-16-28-54(48)65-56-38-50-47-26-15-17-29-57(47)67-58(50)39-53(56)63(66)61(51)62(60)65/h2-39,59H,1H3. The zero-order valence-electron chi connectivity index (χ0n) is 36.8. The predicted octanol–water partition coefficient (Wildman–Crippen LogP) is 15.3. The monoisotopic (exact) mass is 871 g/mol. The molecule has 2 aromatic heterocycles. The molecule has 10 aromatic carbocycles. The average Bonchev–Trinajstić information content (AvgIpc) is 3.93. The van der Waals surface area contributed by atoms with Crippen LogP contribution in [0.15, 0.2) is 231 Å². The van der Waals surface area contributed by atoms with Crippen molar-refractivity contribution in [1.82, 2.24) is 4.57 Å². The summed E-state index contributed by atoms with van der Waals surface area (Å²) < 4.78 is 5.27. The van der Waals surface area contributed by atoms with Crippen molar-refractivity contribution in [3.05, 3.63) is 253 Å². The fraction of sp³-hybridized carbons (Fsp3) is 0.0323. The van der Waals surface area contributed by atoms with E-state index in [2.05, 4.69) is 252 Å². The minimum Gasteiger partial charge on any atom is -0.376 e. The molecule has 12 aromatic rings. The summed E-state index contributed by atoms with van der Waals surface area (Å²) in [4.78, 5) is 5.05. The van der Waals surface area contributed by atoms with Crippen molar-refractivity contribution in [1.29, 1.82) is 0 Å². The van der Waals surface area contributed by atoms with Crippen LogP contribution in [0, 0.1) is 6.92 Å². The highest BCUT2D eigenvalue weighted by Gasteiger charge is 2.45. The summed E-state index contributed by atoms with van der Waals surface area (Å²) in [6.07, 6.45) is 0. The molecule has 0 unspecified atom stereocenters. The number of thiophene rings is 1. The predicted molar refractivity (Wildman–Crippen MR) is 286 cm³/mol. The van der Waals surface area contributed by atoms with Crippen molar-refractivity contribution in [2.24, 2.45) is 0 Å². The maximum Gasteiger partial charge on any atom is 0.333 e. The molecule has 14 rings (SSSR count). The zero-order chi connectivity index (χ0) is 44.2. The number of rotatable bonds is 7. The fourth-order valence-corrected chi connectivity index (χ4v) is 12.6. The van der Waals surface area contributed by atoms with Gasteiger partial charge in [-0.15, -0.1) is 11.3 Å². The molecule has 0 spiro atoms. The second-order valence-electron chi connectivity index (χ2n) is 18.1. The molecule has 314 valence electrons. The maximum absolute atomic E-state index is 2.65. The van der Waals surface area contributed by atoms with Crippen molar-refractivity contribution in [2.45, 2.75) is 12.8 Å². The van der Waals surface area contributed by atoms with Crippen LogP contribution in [0.1, 0.15) is 28.2 Å². The summed E-state index contributed by atoms with van der Waals surface area (Å²) in [6.45, 7) is 2.07. The third-order valence-electron chi connectivity index (χ3n) is 14.3. The van der Waals surface area contributed by atoms with Gasteiger partial charge in [0.1, 0.15) is 0 Å². The minimum absolute atomic E-state index is 0.0259. The molecule has 0 atom stereocenters. The lowest BCUT2D eigenvalue weighted by molar-refractivity contribution is 0.990. The lowest BCUT2D eigenvalue weighted by Crippen LogP contribution is -2.60. The van der Waals surface area contributed by atoms with Crippen LogP contribution in [0.2, 0.25) is 0 Å². The van der Waals surface area contributed by atoms with Crippen molar-refractivity contribution in [3.63, 3.8) is 0 Å². The van der Waals surface area contributed by atoms with Gasteiger partial charge in [-0.05, 0) is 125 Å². The molecule has 0 aliphatic carbocycles. The molecular weight excluding hydrogens is 830 g/mol. The van der Waals surface area contributed by atoms with E-state index < -0.39 is 0 Å². The molecule has 0 N–H and O–H groups in total.